The molecule has 1 saturated heterocycles. The number of carbonyl (C=O) groups excluding carboxylic acids is 1. The Morgan fingerprint density at radius 3 is 2.39 bits per heavy atom. The van der Waals surface area contributed by atoms with Crippen molar-refractivity contribution in [3.05, 3.63) is 34.9 Å². The summed E-state index contributed by atoms with van der Waals surface area (Å²) in [4.78, 5) is 14.2. The fraction of sp³-hybridized carbons (Fsp3) is 0.611. The molecule has 0 radical (unpaired) electrons. The molecule has 0 aromatic heterocycles. The zero-order chi connectivity index (χ0) is 17.0. The van der Waals surface area contributed by atoms with Gasteiger partial charge in [-0.05, 0) is 30.5 Å². The van der Waals surface area contributed by atoms with E-state index in [0.29, 0.717) is 17.6 Å². The number of benzene rings is 1. The van der Waals surface area contributed by atoms with Crippen LogP contribution in [0.2, 0.25) is 5.02 Å². The molecule has 1 heterocycles. The second kappa shape index (κ2) is 7.65. The molecule has 1 atom stereocenters. The Balaban J connectivity index is 1.76. The largest absolute Gasteiger partial charge is 0.387 e. The van der Waals surface area contributed by atoms with E-state index in [4.69, 9.17) is 11.6 Å². The van der Waals surface area contributed by atoms with E-state index in [2.05, 4.69) is 5.32 Å². The summed E-state index contributed by atoms with van der Waals surface area (Å²) in [5, 5.41) is 14.3. The van der Waals surface area contributed by atoms with Crippen LogP contribution in [0.3, 0.4) is 0 Å². The molecule has 1 fully saturated rings. The zero-order valence-electron chi connectivity index (χ0n) is 14.2. The van der Waals surface area contributed by atoms with E-state index < -0.39 is 6.10 Å². The zero-order valence-corrected chi connectivity index (χ0v) is 14.9. The maximum atomic E-state index is 12.3. The van der Waals surface area contributed by atoms with Gasteiger partial charge in [-0.15, -0.1) is 0 Å². The van der Waals surface area contributed by atoms with Crippen molar-refractivity contribution in [3.63, 3.8) is 0 Å². The maximum Gasteiger partial charge on any atom is 0.227 e. The SMILES string of the molecule is CC(C)(C)C(=O)N1CCC(NCC(O)c2ccc(Cl)cc2)CC1. The first-order chi connectivity index (χ1) is 10.8. The summed E-state index contributed by atoms with van der Waals surface area (Å²) >= 11 is 5.86. The van der Waals surface area contributed by atoms with E-state index >= 15 is 0 Å². The van der Waals surface area contributed by atoms with Gasteiger partial charge < -0.3 is 15.3 Å². The molecule has 23 heavy (non-hydrogen) atoms. The highest BCUT2D eigenvalue weighted by Crippen LogP contribution is 2.21. The van der Waals surface area contributed by atoms with Crippen molar-refractivity contribution < 1.29 is 9.90 Å². The van der Waals surface area contributed by atoms with Crippen molar-refractivity contribution in [1.29, 1.82) is 0 Å². The monoisotopic (exact) mass is 338 g/mol. The van der Waals surface area contributed by atoms with Crippen LogP contribution in [-0.2, 0) is 4.79 Å². The highest BCUT2D eigenvalue weighted by atomic mass is 35.5. The lowest BCUT2D eigenvalue weighted by Gasteiger charge is -2.36. The minimum absolute atomic E-state index is 0.220. The number of hydrogen-bond acceptors (Lipinski definition) is 3. The third-order valence-electron chi connectivity index (χ3n) is 4.28. The molecule has 5 heteroatoms. The number of nitrogens with one attached hydrogen (secondary N) is 1. The number of nitrogens with zero attached hydrogens (tertiary/aromatic N) is 1. The second-order valence-electron chi connectivity index (χ2n) is 7.29. The van der Waals surface area contributed by atoms with Gasteiger partial charge in [0.05, 0.1) is 6.10 Å². The summed E-state index contributed by atoms with van der Waals surface area (Å²) in [5.41, 5.74) is 0.549. The van der Waals surface area contributed by atoms with Crippen molar-refractivity contribution >= 4 is 17.5 Å². The van der Waals surface area contributed by atoms with Crippen LogP contribution in [0.4, 0.5) is 0 Å². The third-order valence-corrected chi connectivity index (χ3v) is 4.53. The molecule has 1 unspecified atom stereocenters. The number of hydrogen-bond donors (Lipinski definition) is 2. The molecule has 4 nitrogen and oxygen atoms in total. The van der Waals surface area contributed by atoms with Gasteiger partial charge in [0, 0.05) is 36.1 Å². The molecule has 0 bridgehead atoms. The minimum Gasteiger partial charge on any atom is -0.387 e. The molecular weight excluding hydrogens is 312 g/mol. The van der Waals surface area contributed by atoms with E-state index in [1.807, 2.05) is 37.8 Å². The minimum atomic E-state index is -0.540. The number of rotatable bonds is 4. The van der Waals surface area contributed by atoms with Gasteiger partial charge in [-0.2, -0.15) is 0 Å². The van der Waals surface area contributed by atoms with Crippen LogP contribution in [0.1, 0.15) is 45.3 Å². The Bertz CT molecular complexity index is 517. The lowest BCUT2D eigenvalue weighted by atomic mass is 9.93. The van der Waals surface area contributed by atoms with Crippen LogP contribution in [0.5, 0.6) is 0 Å². The summed E-state index contributed by atoms with van der Waals surface area (Å²) in [6.45, 7) is 7.96. The molecule has 1 aliphatic rings. The first-order valence-corrected chi connectivity index (χ1v) is 8.61. The van der Waals surface area contributed by atoms with Gasteiger partial charge in [-0.1, -0.05) is 44.5 Å². The molecule has 1 aromatic rings. The lowest BCUT2D eigenvalue weighted by molar-refractivity contribution is -0.140. The van der Waals surface area contributed by atoms with Gasteiger partial charge in [-0.25, -0.2) is 0 Å². The number of carbonyl (C=O) groups is 1. The van der Waals surface area contributed by atoms with E-state index in [9.17, 15) is 9.90 Å². The number of amides is 1. The number of halogens is 1. The van der Waals surface area contributed by atoms with Gasteiger partial charge in [0.25, 0.3) is 0 Å². The third kappa shape index (κ3) is 5.20. The average molecular weight is 339 g/mol. The Labute approximate surface area is 143 Å². The highest BCUT2D eigenvalue weighted by Gasteiger charge is 2.30. The molecule has 128 valence electrons. The number of piperidine rings is 1. The standard InChI is InChI=1S/C18H27ClN2O2/c1-18(2,3)17(23)21-10-8-15(9-11-21)20-12-16(22)13-4-6-14(19)7-5-13/h4-7,15-16,20,22H,8-12H2,1-3H3. The highest BCUT2D eigenvalue weighted by molar-refractivity contribution is 6.30. The fourth-order valence-electron chi connectivity index (χ4n) is 2.84. The molecule has 0 aliphatic carbocycles. The smallest absolute Gasteiger partial charge is 0.227 e. The predicted octanol–water partition coefficient (Wildman–Crippen LogP) is 3.00. The molecule has 0 spiro atoms. The van der Waals surface area contributed by atoms with Crippen LogP contribution in [0.25, 0.3) is 0 Å². The van der Waals surface area contributed by atoms with Gasteiger partial charge in [-0.3, -0.25) is 4.79 Å². The summed E-state index contributed by atoms with van der Waals surface area (Å²) < 4.78 is 0. The molecule has 0 saturated carbocycles. The van der Waals surface area contributed by atoms with Crippen LogP contribution in [0, 0.1) is 5.41 Å². The second-order valence-corrected chi connectivity index (χ2v) is 7.73. The first-order valence-electron chi connectivity index (χ1n) is 8.23. The summed E-state index contributed by atoms with van der Waals surface area (Å²) in [6, 6.07) is 7.62. The summed E-state index contributed by atoms with van der Waals surface area (Å²) in [6.07, 6.45) is 1.31. The van der Waals surface area contributed by atoms with E-state index in [-0.39, 0.29) is 11.3 Å². The van der Waals surface area contributed by atoms with Crippen LogP contribution in [0.15, 0.2) is 24.3 Å². The van der Waals surface area contributed by atoms with Crippen LogP contribution in [-0.4, -0.2) is 41.6 Å². The Hall–Kier alpha value is -1.10. The number of likely N-dealkylation sites (tertiary alicyclic amines) is 1. The Morgan fingerprint density at radius 1 is 1.30 bits per heavy atom. The van der Waals surface area contributed by atoms with E-state index in [1.54, 1.807) is 12.1 Å². The van der Waals surface area contributed by atoms with Crippen molar-refractivity contribution in [2.75, 3.05) is 19.6 Å². The Kier molecular flexibility index (Phi) is 6.06. The van der Waals surface area contributed by atoms with Crippen LogP contribution >= 0.6 is 11.6 Å². The summed E-state index contributed by atoms with van der Waals surface area (Å²) in [7, 11) is 0. The molecule has 1 aromatic carbocycles. The number of aliphatic hydroxyl groups is 1. The van der Waals surface area contributed by atoms with Crippen molar-refractivity contribution in [1.82, 2.24) is 10.2 Å². The Morgan fingerprint density at radius 2 is 1.87 bits per heavy atom. The molecule has 2 N–H and O–H groups in total. The van der Waals surface area contributed by atoms with Gasteiger partial charge in [0.1, 0.15) is 0 Å². The van der Waals surface area contributed by atoms with E-state index in [0.717, 1.165) is 31.5 Å². The summed E-state index contributed by atoms with van der Waals surface area (Å²) in [5.74, 6) is 0.220. The molecule has 1 amide bonds. The van der Waals surface area contributed by atoms with Gasteiger partial charge >= 0.3 is 0 Å². The lowest BCUT2D eigenvalue weighted by Crippen LogP contribution is -2.48. The molecule has 1 aliphatic heterocycles. The first kappa shape index (κ1) is 18.2. The topological polar surface area (TPSA) is 52.6 Å². The van der Waals surface area contributed by atoms with Crippen LogP contribution < -0.4 is 5.32 Å². The molecular formula is C18H27ClN2O2. The fourth-order valence-corrected chi connectivity index (χ4v) is 2.97. The van der Waals surface area contributed by atoms with Crippen molar-refractivity contribution in [2.24, 2.45) is 5.41 Å². The maximum absolute atomic E-state index is 12.3. The van der Waals surface area contributed by atoms with Crippen molar-refractivity contribution in [3.8, 4) is 0 Å². The molecule has 2 rings (SSSR count). The quantitative estimate of drug-likeness (QED) is 0.887. The van der Waals surface area contributed by atoms with Crippen molar-refractivity contribution in [2.45, 2.75) is 45.8 Å². The predicted molar refractivity (Wildman–Crippen MR) is 93.5 cm³/mol. The normalized spacial score (nSPS) is 18.0. The van der Waals surface area contributed by atoms with E-state index in [1.165, 1.54) is 0 Å². The van der Waals surface area contributed by atoms with Gasteiger partial charge in [0.2, 0.25) is 5.91 Å². The van der Waals surface area contributed by atoms with Gasteiger partial charge in [0.15, 0.2) is 0 Å². The number of aliphatic hydroxyl groups excluding tert-OH is 1. The average Bonchev–Trinajstić information content (AvgIpc) is 2.52.